The van der Waals surface area contributed by atoms with Gasteiger partial charge in [0.15, 0.2) is 6.10 Å². The van der Waals surface area contributed by atoms with Gasteiger partial charge in [0.25, 0.3) is 0 Å². The van der Waals surface area contributed by atoms with Crippen molar-refractivity contribution in [3.63, 3.8) is 0 Å². The Balaban J connectivity index is 2.09. The number of carbonyl (C=O) groups excluding carboxylic acids is 1. The fraction of sp³-hybridized carbons (Fsp3) is 0.762. The second-order valence-electron chi connectivity index (χ2n) is 8.26. The second-order valence-corrected chi connectivity index (χ2v) is 8.26. The molecule has 0 amide bonds. The Labute approximate surface area is 181 Å². The zero-order valence-corrected chi connectivity index (χ0v) is 18.5. The Hall–Kier alpha value is -2.07. The van der Waals surface area contributed by atoms with Crippen LogP contribution in [0.5, 0.6) is 0 Å². The van der Waals surface area contributed by atoms with E-state index < -0.39 is 48.5 Å². The van der Waals surface area contributed by atoms with Crippen molar-refractivity contribution in [3.05, 3.63) is 22.7 Å². The van der Waals surface area contributed by atoms with Crippen LogP contribution in [-0.4, -0.2) is 51.9 Å². The standard InChI is InChI=1S/C21H33F2N3O5/c1-5-7-14(8-6-2)11-24-16-9-10-26(20(29)25-16)19-21(22,23)17(27)15(31-19)12-30-18(28)13(3)4/h9-10,13-15,17,19,27H,5-8,11-12H2,1-4H3,(H,24,25,29)/t15-,17-,19-/m1/s1. The highest BCUT2D eigenvalue weighted by Crippen LogP contribution is 2.42. The molecule has 0 aromatic carbocycles. The number of nitrogens with zero attached hydrogens (tertiary/aromatic N) is 2. The van der Waals surface area contributed by atoms with Crippen LogP contribution in [0.2, 0.25) is 0 Å². The van der Waals surface area contributed by atoms with Gasteiger partial charge >= 0.3 is 17.6 Å². The highest BCUT2D eigenvalue weighted by molar-refractivity contribution is 5.71. The van der Waals surface area contributed by atoms with Gasteiger partial charge in [-0.2, -0.15) is 13.8 Å². The molecule has 1 aromatic heterocycles. The van der Waals surface area contributed by atoms with Crippen molar-refractivity contribution in [3.8, 4) is 0 Å². The lowest BCUT2D eigenvalue weighted by atomic mass is 9.98. The lowest BCUT2D eigenvalue weighted by Gasteiger charge is -2.21. The molecule has 0 aliphatic carbocycles. The van der Waals surface area contributed by atoms with E-state index in [-0.39, 0.29) is 0 Å². The molecule has 2 N–H and O–H groups in total. The van der Waals surface area contributed by atoms with Crippen LogP contribution in [-0.2, 0) is 14.3 Å². The molecule has 2 rings (SSSR count). The van der Waals surface area contributed by atoms with Gasteiger partial charge in [0, 0.05) is 12.7 Å². The number of ether oxygens (including phenoxy) is 2. The number of aromatic nitrogens is 2. The monoisotopic (exact) mass is 445 g/mol. The minimum absolute atomic E-state index is 0.294. The van der Waals surface area contributed by atoms with Gasteiger partial charge in [-0.15, -0.1) is 0 Å². The van der Waals surface area contributed by atoms with E-state index in [1.54, 1.807) is 13.8 Å². The van der Waals surface area contributed by atoms with Crippen LogP contribution in [0.4, 0.5) is 14.6 Å². The third-order valence-electron chi connectivity index (χ3n) is 5.29. The van der Waals surface area contributed by atoms with Gasteiger partial charge in [-0.25, -0.2) is 4.79 Å². The van der Waals surface area contributed by atoms with Gasteiger partial charge in [-0.1, -0.05) is 40.5 Å². The highest BCUT2D eigenvalue weighted by Gasteiger charge is 2.60. The molecule has 0 unspecified atom stereocenters. The third kappa shape index (κ3) is 6.22. The maximum atomic E-state index is 14.6. The van der Waals surface area contributed by atoms with E-state index in [9.17, 15) is 23.5 Å². The van der Waals surface area contributed by atoms with Gasteiger partial charge in [-0.05, 0) is 24.8 Å². The average Bonchev–Trinajstić information content (AvgIpc) is 2.94. The number of alkyl halides is 2. The number of carbonyl (C=O) groups is 1. The maximum absolute atomic E-state index is 14.6. The summed E-state index contributed by atoms with van der Waals surface area (Å²) in [5.41, 5.74) is -0.927. The Morgan fingerprint density at radius 2 is 2.00 bits per heavy atom. The lowest BCUT2D eigenvalue weighted by molar-refractivity contribution is -0.154. The topological polar surface area (TPSA) is 103 Å². The number of anilines is 1. The van der Waals surface area contributed by atoms with Crippen molar-refractivity contribution in [2.75, 3.05) is 18.5 Å². The summed E-state index contributed by atoms with van der Waals surface area (Å²) in [5, 5.41) is 13.1. The number of aliphatic hydroxyl groups is 1. The van der Waals surface area contributed by atoms with Crippen LogP contribution < -0.4 is 11.0 Å². The smallest absolute Gasteiger partial charge is 0.351 e. The zero-order chi connectivity index (χ0) is 23.2. The molecule has 0 spiro atoms. The Kier molecular flexibility index (Phi) is 8.93. The van der Waals surface area contributed by atoms with E-state index in [2.05, 4.69) is 24.1 Å². The Bertz CT molecular complexity index is 781. The molecule has 1 aliphatic heterocycles. The summed E-state index contributed by atoms with van der Waals surface area (Å²) < 4.78 is 40.0. The quantitative estimate of drug-likeness (QED) is 0.505. The van der Waals surface area contributed by atoms with E-state index >= 15 is 0 Å². The van der Waals surface area contributed by atoms with Gasteiger partial charge in [0.1, 0.15) is 18.5 Å². The van der Waals surface area contributed by atoms with Crippen LogP contribution in [0.3, 0.4) is 0 Å². The normalized spacial score (nSPS) is 22.8. The average molecular weight is 446 g/mol. The number of hydrogen-bond acceptors (Lipinski definition) is 7. The van der Waals surface area contributed by atoms with Crippen LogP contribution in [0.15, 0.2) is 17.1 Å². The first-order chi connectivity index (χ1) is 14.6. The summed E-state index contributed by atoms with van der Waals surface area (Å²) in [6.45, 7) is 7.50. The number of halogens is 2. The van der Waals surface area contributed by atoms with Crippen LogP contribution in [0, 0.1) is 11.8 Å². The van der Waals surface area contributed by atoms with Crippen LogP contribution >= 0.6 is 0 Å². The molecule has 0 bridgehead atoms. The molecule has 8 nitrogen and oxygen atoms in total. The van der Waals surface area contributed by atoms with Gasteiger partial charge in [0.2, 0.25) is 6.23 Å². The summed E-state index contributed by atoms with van der Waals surface area (Å²) in [6.07, 6.45) is -0.396. The van der Waals surface area contributed by atoms with E-state index in [1.165, 1.54) is 12.3 Å². The number of rotatable bonds is 11. The molecular formula is C21H33F2N3O5. The van der Waals surface area contributed by atoms with Crippen molar-refractivity contribution in [1.29, 1.82) is 0 Å². The Morgan fingerprint density at radius 3 is 2.55 bits per heavy atom. The van der Waals surface area contributed by atoms with E-state index in [0.717, 1.165) is 25.7 Å². The second kappa shape index (κ2) is 11.0. The minimum Gasteiger partial charge on any atom is -0.463 e. The fourth-order valence-corrected chi connectivity index (χ4v) is 3.54. The molecule has 0 saturated carbocycles. The van der Waals surface area contributed by atoms with Crippen molar-refractivity contribution in [2.24, 2.45) is 11.8 Å². The van der Waals surface area contributed by atoms with Crippen molar-refractivity contribution >= 4 is 11.8 Å². The lowest BCUT2D eigenvalue weighted by Crippen LogP contribution is -2.42. The van der Waals surface area contributed by atoms with Crippen molar-refractivity contribution < 1.29 is 28.2 Å². The molecule has 1 aliphatic rings. The first kappa shape index (κ1) is 25.2. The van der Waals surface area contributed by atoms with Crippen LogP contribution in [0.1, 0.15) is 59.6 Å². The molecule has 10 heteroatoms. The first-order valence-corrected chi connectivity index (χ1v) is 10.8. The largest absolute Gasteiger partial charge is 0.463 e. The third-order valence-corrected chi connectivity index (χ3v) is 5.29. The molecule has 2 heterocycles. The highest BCUT2D eigenvalue weighted by atomic mass is 19.3. The fourth-order valence-electron chi connectivity index (χ4n) is 3.54. The predicted molar refractivity (Wildman–Crippen MR) is 111 cm³/mol. The van der Waals surface area contributed by atoms with Gasteiger partial charge < -0.3 is 19.9 Å². The maximum Gasteiger partial charge on any atom is 0.351 e. The number of hydrogen-bond donors (Lipinski definition) is 2. The summed E-state index contributed by atoms with van der Waals surface area (Å²) in [5.74, 6) is -4.07. The molecule has 1 aromatic rings. The Morgan fingerprint density at radius 1 is 1.35 bits per heavy atom. The zero-order valence-electron chi connectivity index (χ0n) is 18.5. The SMILES string of the molecule is CCCC(CCC)CNc1ccn([C@@H]2O[C@H](COC(=O)C(C)C)[C@@H](O)C2(F)F)c(=O)n1. The minimum atomic E-state index is -3.76. The predicted octanol–water partition coefficient (Wildman–Crippen LogP) is 2.96. The number of esters is 1. The number of aliphatic hydroxyl groups excluding tert-OH is 1. The summed E-state index contributed by atoms with van der Waals surface area (Å²) >= 11 is 0. The summed E-state index contributed by atoms with van der Waals surface area (Å²) in [4.78, 5) is 27.8. The molecule has 3 atom stereocenters. The summed E-state index contributed by atoms with van der Waals surface area (Å²) in [6, 6.07) is 1.42. The molecule has 1 fully saturated rings. The summed E-state index contributed by atoms with van der Waals surface area (Å²) in [7, 11) is 0. The molecule has 1 saturated heterocycles. The number of nitrogens with one attached hydrogen (secondary N) is 1. The van der Waals surface area contributed by atoms with Crippen molar-refractivity contribution in [2.45, 2.75) is 77.7 Å². The first-order valence-electron chi connectivity index (χ1n) is 10.8. The molecular weight excluding hydrogens is 412 g/mol. The van der Waals surface area contributed by atoms with E-state index in [1.807, 2.05) is 0 Å². The van der Waals surface area contributed by atoms with Crippen LogP contribution in [0.25, 0.3) is 0 Å². The molecule has 176 valence electrons. The molecule has 0 radical (unpaired) electrons. The molecule has 31 heavy (non-hydrogen) atoms. The van der Waals surface area contributed by atoms with Gasteiger partial charge in [0.05, 0.1) is 5.92 Å². The van der Waals surface area contributed by atoms with E-state index in [4.69, 9.17) is 9.47 Å². The van der Waals surface area contributed by atoms with Crippen molar-refractivity contribution in [1.82, 2.24) is 9.55 Å². The van der Waals surface area contributed by atoms with E-state index in [0.29, 0.717) is 22.8 Å². The van der Waals surface area contributed by atoms with Gasteiger partial charge in [-0.3, -0.25) is 9.36 Å².